The van der Waals surface area contributed by atoms with E-state index in [1.54, 1.807) is 11.0 Å². The number of hydrogen-bond acceptors (Lipinski definition) is 8. The fourth-order valence-corrected chi connectivity index (χ4v) is 3.28. The van der Waals surface area contributed by atoms with Gasteiger partial charge in [0, 0.05) is 31.7 Å². The van der Waals surface area contributed by atoms with Gasteiger partial charge >= 0.3 is 0 Å². The lowest BCUT2D eigenvalue weighted by Crippen LogP contribution is -2.55. The molecule has 2 saturated heterocycles. The highest BCUT2D eigenvalue weighted by Crippen LogP contribution is 2.25. The molecule has 3 aliphatic rings. The van der Waals surface area contributed by atoms with Gasteiger partial charge in [-0.2, -0.15) is 0 Å². The molecule has 0 aliphatic carbocycles. The zero-order valence-electron chi connectivity index (χ0n) is 14.2. The smallest absolute Gasteiger partial charge is 0.257 e. The van der Waals surface area contributed by atoms with Gasteiger partial charge in [-0.1, -0.05) is 17.8 Å². The Bertz CT molecular complexity index is 687. The Balaban J connectivity index is 1.37. The maximum atomic E-state index is 12.5. The number of nitrogens with zero attached hydrogens (tertiary/aromatic N) is 1. The van der Waals surface area contributed by atoms with E-state index in [0.717, 1.165) is 24.2 Å². The summed E-state index contributed by atoms with van der Waals surface area (Å²) in [5.41, 5.74) is 4.83. The van der Waals surface area contributed by atoms with E-state index in [0.29, 0.717) is 25.2 Å². The van der Waals surface area contributed by atoms with Crippen molar-refractivity contribution in [2.45, 2.75) is 25.5 Å². The van der Waals surface area contributed by atoms with E-state index in [9.17, 15) is 9.59 Å². The molecule has 5 N–H and O–H groups in total. The Morgan fingerprint density at radius 2 is 2.23 bits per heavy atom. The molecule has 3 aliphatic heterocycles. The number of fused-ring (bicyclic) bond motifs is 1. The van der Waals surface area contributed by atoms with Crippen LogP contribution in [0.3, 0.4) is 0 Å². The lowest BCUT2D eigenvalue weighted by Gasteiger charge is -2.30. The third-order valence-corrected chi connectivity index (χ3v) is 4.66. The number of rotatable bonds is 4. The summed E-state index contributed by atoms with van der Waals surface area (Å²) in [5, 5.41) is 12.3. The Morgan fingerprint density at radius 1 is 1.31 bits per heavy atom. The van der Waals surface area contributed by atoms with Crippen molar-refractivity contribution in [3.8, 4) is 0 Å². The van der Waals surface area contributed by atoms with Crippen LogP contribution in [0.25, 0.3) is 0 Å². The summed E-state index contributed by atoms with van der Waals surface area (Å²) >= 11 is 0. The minimum atomic E-state index is -0.586. The van der Waals surface area contributed by atoms with Gasteiger partial charge in [0.1, 0.15) is 6.73 Å². The fraction of sp³-hybridized carbons (Fsp3) is 0.500. The summed E-state index contributed by atoms with van der Waals surface area (Å²) in [6.07, 6.45) is -0.586. The van der Waals surface area contributed by atoms with E-state index < -0.39 is 6.35 Å². The molecule has 1 aromatic carbocycles. The van der Waals surface area contributed by atoms with Crippen molar-refractivity contribution in [3.05, 3.63) is 34.9 Å². The Labute approximate surface area is 150 Å². The van der Waals surface area contributed by atoms with Crippen molar-refractivity contribution in [1.29, 1.82) is 0 Å². The maximum Gasteiger partial charge on any atom is 0.257 e. The highest BCUT2D eigenvalue weighted by Gasteiger charge is 2.34. The standard InChI is InChI=1S/C16H22N6O4/c23-14(13-7-17-3-4-18-13)19-6-10-1-2-12-11(5-10)8-22(15(12)24)16-20-9-25-21-26-16/h1-2,5,13,16-18,20-21H,3-4,6-9H2,(H,19,23). The normalized spacial score (nSPS) is 25.8. The van der Waals surface area contributed by atoms with E-state index >= 15 is 0 Å². The molecule has 0 saturated carbocycles. The van der Waals surface area contributed by atoms with E-state index in [2.05, 4.69) is 26.9 Å². The molecule has 0 radical (unpaired) electrons. The van der Waals surface area contributed by atoms with Gasteiger partial charge in [0.05, 0.1) is 12.6 Å². The summed E-state index contributed by atoms with van der Waals surface area (Å²) in [6, 6.07) is 5.41. The number of benzene rings is 1. The predicted octanol–water partition coefficient (Wildman–Crippen LogP) is -1.88. The summed E-state index contributed by atoms with van der Waals surface area (Å²) in [6.45, 7) is 3.39. The second-order valence-electron chi connectivity index (χ2n) is 6.40. The van der Waals surface area contributed by atoms with Crippen LogP contribution in [0.15, 0.2) is 18.2 Å². The van der Waals surface area contributed by atoms with Crippen molar-refractivity contribution in [2.75, 3.05) is 26.4 Å². The van der Waals surface area contributed by atoms with Gasteiger partial charge in [-0.25, -0.2) is 10.2 Å². The number of carbonyl (C=O) groups excluding carboxylic acids is 2. The highest BCUT2D eigenvalue weighted by atomic mass is 16.9. The topological polar surface area (TPSA) is 116 Å². The van der Waals surface area contributed by atoms with Crippen molar-refractivity contribution in [3.63, 3.8) is 0 Å². The highest BCUT2D eigenvalue weighted by molar-refractivity contribution is 5.98. The van der Waals surface area contributed by atoms with Gasteiger partial charge in [0.15, 0.2) is 0 Å². The molecule has 10 nitrogen and oxygen atoms in total. The summed E-state index contributed by atoms with van der Waals surface area (Å²) in [4.78, 5) is 36.3. The fourth-order valence-electron chi connectivity index (χ4n) is 3.28. The molecule has 4 rings (SSSR count). The lowest BCUT2D eigenvalue weighted by molar-refractivity contribution is -0.281. The van der Waals surface area contributed by atoms with Crippen LogP contribution in [0.5, 0.6) is 0 Å². The van der Waals surface area contributed by atoms with Crippen LogP contribution >= 0.6 is 0 Å². The Kier molecular flexibility index (Phi) is 5.11. The van der Waals surface area contributed by atoms with Crippen molar-refractivity contribution in [1.82, 2.24) is 31.8 Å². The molecule has 0 bridgehead atoms. The summed E-state index contributed by atoms with van der Waals surface area (Å²) < 4.78 is 0. The van der Waals surface area contributed by atoms with Crippen LogP contribution in [0.2, 0.25) is 0 Å². The van der Waals surface area contributed by atoms with Crippen molar-refractivity contribution >= 4 is 11.8 Å². The molecule has 2 unspecified atom stereocenters. The van der Waals surface area contributed by atoms with E-state index in [1.165, 1.54) is 0 Å². The second kappa shape index (κ2) is 7.66. The maximum absolute atomic E-state index is 12.5. The molecular formula is C16H22N6O4. The molecule has 0 aromatic heterocycles. The molecule has 10 heteroatoms. The van der Waals surface area contributed by atoms with Crippen molar-refractivity contribution in [2.24, 2.45) is 0 Å². The van der Waals surface area contributed by atoms with Gasteiger partial charge in [-0.3, -0.25) is 19.3 Å². The quantitative estimate of drug-likeness (QED) is 0.423. The Morgan fingerprint density at radius 3 is 3.00 bits per heavy atom. The van der Waals surface area contributed by atoms with Crippen LogP contribution in [0, 0.1) is 0 Å². The van der Waals surface area contributed by atoms with Crippen molar-refractivity contribution < 1.29 is 19.3 Å². The molecule has 1 aromatic rings. The minimum absolute atomic E-state index is 0.0266. The molecule has 0 spiro atoms. The van der Waals surface area contributed by atoms with Gasteiger partial charge in [-0.05, 0) is 17.2 Å². The van der Waals surface area contributed by atoms with Gasteiger partial charge in [0.2, 0.25) is 12.3 Å². The number of hydrogen-bond donors (Lipinski definition) is 5. The first kappa shape index (κ1) is 17.3. The van der Waals surface area contributed by atoms with E-state index in [4.69, 9.17) is 9.68 Å². The molecular weight excluding hydrogens is 340 g/mol. The lowest BCUT2D eigenvalue weighted by atomic mass is 10.1. The van der Waals surface area contributed by atoms with Gasteiger partial charge < -0.3 is 16.0 Å². The average molecular weight is 362 g/mol. The Hall–Kier alpha value is -2.08. The van der Waals surface area contributed by atoms with Crippen LogP contribution in [0.4, 0.5) is 0 Å². The molecule has 2 atom stereocenters. The van der Waals surface area contributed by atoms with E-state index in [1.807, 2.05) is 12.1 Å². The van der Waals surface area contributed by atoms with E-state index in [-0.39, 0.29) is 24.6 Å². The molecule has 140 valence electrons. The van der Waals surface area contributed by atoms with Crippen LogP contribution in [-0.4, -0.2) is 55.5 Å². The van der Waals surface area contributed by atoms with Crippen LogP contribution < -0.4 is 26.9 Å². The SMILES string of the molecule is O=C(NCc1ccc2c(c1)CN(C1NCONO1)C2=O)C1CNCCN1. The zero-order chi connectivity index (χ0) is 17.9. The van der Waals surface area contributed by atoms with Gasteiger partial charge in [-0.15, -0.1) is 0 Å². The van der Waals surface area contributed by atoms with Gasteiger partial charge in [0.25, 0.3) is 5.91 Å². The van der Waals surface area contributed by atoms with Crippen LogP contribution in [0.1, 0.15) is 21.5 Å². The number of piperazine rings is 1. The minimum Gasteiger partial charge on any atom is -0.351 e. The second-order valence-corrected chi connectivity index (χ2v) is 6.40. The zero-order valence-corrected chi connectivity index (χ0v) is 14.2. The average Bonchev–Trinajstić information content (AvgIpc) is 3.03. The number of amides is 2. The summed E-state index contributed by atoms with van der Waals surface area (Å²) in [7, 11) is 0. The molecule has 2 amide bonds. The monoisotopic (exact) mass is 362 g/mol. The predicted molar refractivity (Wildman–Crippen MR) is 89.9 cm³/mol. The molecule has 26 heavy (non-hydrogen) atoms. The number of nitrogens with one attached hydrogen (secondary N) is 5. The first-order valence-corrected chi connectivity index (χ1v) is 8.63. The largest absolute Gasteiger partial charge is 0.351 e. The first-order chi connectivity index (χ1) is 12.7. The molecule has 2 fully saturated rings. The van der Waals surface area contributed by atoms with Crippen LogP contribution in [-0.2, 0) is 27.6 Å². The number of carbonyl (C=O) groups is 2. The molecule has 3 heterocycles. The first-order valence-electron chi connectivity index (χ1n) is 8.63. The third kappa shape index (κ3) is 3.56. The third-order valence-electron chi connectivity index (χ3n) is 4.66. The summed E-state index contributed by atoms with van der Waals surface area (Å²) in [5.74, 6) is -0.129.